The fraction of sp³-hybridized carbons (Fsp3) is 0.385. The Morgan fingerprint density at radius 2 is 1.88 bits per heavy atom. The molecule has 0 saturated carbocycles. The lowest BCUT2D eigenvalue weighted by molar-refractivity contribution is 0.0879. The maximum absolute atomic E-state index is 13.2. The van der Waals surface area contributed by atoms with Crippen LogP contribution >= 0.6 is 0 Å². The third kappa shape index (κ3) is 3.86. The molecule has 2 aliphatic rings. The summed E-state index contributed by atoms with van der Waals surface area (Å²) >= 11 is 0. The van der Waals surface area contributed by atoms with Crippen LogP contribution in [0.1, 0.15) is 48.2 Å². The molecule has 2 aliphatic heterocycles. The largest absolute Gasteiger partial charge is 0.300 e. The van der Waals surface area contributed by atoms with Crippen molar-refractivity contribution in [3.8, 4) is 11.3 Å². The first-order chi connectivity index (χ1) is 16.1. The summed E-state index contributed by atoms with van der Waals surface area (Å²) < 4.78 is 1.84. The molecule has 4 aromatic rings. The fourth-order valence-corrected chi connectivity index (χ4v) is 5.71. The number of aromatic amines is 1. The number of ketones is 1. The Morgan fingerprint density at radius 1 is 1.09 bits per heavy atom. The van der Waals surface area contributed by atoms with E-state index in [1.807, 2.05) is 47.3 Å². The number of hydrogen-bond acceptors (Lipinski definition) is 5. The van der Waals surface area contributed by atoms with E-state index < -0.39 is 0 Å². The third-order valence-corrected chi connectivity index (χ3v) is 7.52. The van der Waals surface area contributed by atoms with Crippen molar-refractivity contribution in [1.29, 1.82) is 0 Å². The normalized spacial score (nSPS) is 22.8. The van der Waals surface area contributed by atoms with Crippen LogP contribution < -0.4 is 0 Å². The molecule has 0 amide bonds. The van der Waals surface area contributed by atoms with E-state index in [1.165, 1.54) is 18.4 Å². The first-order valence-corrected chi connectivity index (χ1v) is 11.8. The van der Waals surface area contributed by atoms with Gasteiger partial charge in [-0.2, -0.15) is 5.10 Å². The van der Waals surface area contributed by atoms with Crippen molar-refractivity contribution < 1.29 is 4.79 Å². The molecule has 0 radical (unpaired) electrons. The molecule has 2 unspecified atom stereocenters. The van der Waals surface area contributed by atoms with Gasteiger partial charge in [-0.25, -0.2) is 4.68 Å². The summed E-state index contributed by atoms with van der Waals surface area (Å²) in [6, 6.07) is 17.5. The van der Waals surface area contributed by atoms with Gasteiger partial charge in [0, 0.05) is 29.5 Å². The average Bonchev–Trinajstić information content (AvgIpc) is 3.51. The van der Waals surface area contributed by atoms with Crippen molar-refractivity contribution in [3.05, 3.63) is 66.0 Å². The number of carbonyl (C=O) groups excluding carboxylic acids is 1. The average molecular weight is 441 g/mol. The lowest BCUT2D eigenvalue weighted by Crippen LogP contribution is -2.40. The Balaban J connectivity index is 1.22. The van der Waals surface area contributed by atoms with Crippen LogP contribution in [0, 0.1) is 5.92 Å². The van der Waals surface area contributed by atoms with Gasteiger partial charge < -0.3 is 4.90 Å². The molecule has 7 heteroatoms. The number of nitrogens with one attached hydrogen (secondary N) is 1. The Morgan fingerprint density at radius 3 is 2.67 bits per heavy atom. The molecule has 4 heterocycles. The van der Waals surface area contributed by atoms with Crippen LogP contribution in [-0.2, 0) is 6.54 Å². The quantitative estimate of drug-likeness (QED) is 0.452. The molecular weight excluding hydrogens is 412 g/mol. The minimum atomic E-state index is 0.139. The molecule has 6 rings (SSSR count). The van der Waals surface area contributed by atoms with Crippen molar-refractivity contribution in [3.63, 3.8) is 0 Å². The van der Waals surface area contributed by atoms with E-state index >= 15 is 0 Å². The SMILES string of the molecule is CN1C2CCC1CC(CC(=O)c1n[nH]c3ccc(-c4cn(Cc5ccccc5)nn4)cc13)C2. The smallest absolute Gasteiger partial charge is 0.183 e. The number of carbonyl (C=O) groups is 1. The van der Waals surface area contributed by atoms with Gasteiger partial charge in [0.2, 0.25) is 0 Å². The van der Waals surface area contributed by atoms with E-state index in [-0.39, 0.29) is 5.78 Å². The van der Waals surface area contributed by atoms with E-state index in [0.717, 1.165) is 35.0 Å². The van der Waals surface area contributed by atoms with Gasteiger partial charge in [-0.05, 0) is 56.3 Å². The molecule has 2 aromatic heterocycles. The minimum absolute atomic E-state index is 0.139. The molecule has 7 nitrogen and oxygen atoms in total. The fourth-order valence-electron chi connectivity index (χ4n) is 5.71. The van der Waals surface area contributed by atoms with Crippen LogP contribution in [0.15, 0.2) is 54.7 Å². The number of benzene rings is 2. The zero-order valence-electron chi connectivity index (χ0n) is 18.8. The summed E-state index contributed by atoms with van der Waals surface area (Å²) in [5, 5.41) is 17.0. The second-order valence-corrected chi connectivity index (χ2v) is 9.63. The molecule has 1 N–H and O–H groups in total. The maximum atomic E-state index is 13.2. The Labute approximate surface area is 192 Å². The summed E-state index contributed by atoms with van der Waals surface area (Å²) in [6.45, 7) is 0.671. The van der Waals surface area contributed by atoms with Crippen LogP contribution in [0.3, 0.4) is 0 Å². The molecule has 2 aromatic carbocycles. The van der Waals surface area contributed by atoms with Gasteiger partial charge in [0.1, 0.15) is 11.4 Å². The Bertz CT molecular complexity index is 1280. The first-order valence-electron chi connectivity index (χ1n) is 11.8. The summed E-state index contributed by atoms with van der Waals surface area (Å²) in [4.78, 5) is 15.7. The van der Waals surface area contributed by atoms with Gasteiger partial charge >= 0.3 is 0 Å². The highest BCUT2D eigenvalue weighted by molar-refractivity contribution is 6.06. The van der Waals surface area contributed by atoms with Crippen LogP contribution in [0.4, 0.5) is 0 Å². The van der Waals surface area contributed by atoms with Gasteiger partial charge in [0.05, 0.1) is 18.3 Å². The van der Waals surface area contributed by atoms with Crippen molar-refractivity contribution >= 4 is 16.7 Å². The van der Waals surface area contributed by atoms with Gasteiger partial charge in [0.25, 0.3) is 0 Å². The molecule has 0 spiro atoms. The summed E-state index contributed by atoms with van der Waals surface area (Å²) in [6.07, 6.45) is 7.31. The number of rotatable bonds is 6. The zero-order chi connectivity index (χ0) is 22.4. The van der Waals surface area contributed by atoms with E-state index in [2.05, 4.69) is 44.6 Å². The second-order valence-electron chi connectivity index (χ2n) is 9.63. The van der Waals surface area contributed by atoms with E-state index in [0.29, 0.717) is 36.7 Å². The molecule has 168 valence electrons. The van der Waals surface area contributed by atoms with Gasteiger partial charge in [-0.1, -0.05) is 41.6 Å². The monoisotopic (exact) mass is 440 g/mol. The second kappa shape index (κ2) is 8.23. The van der Waals surface area contributed by atoms with Crippen LogP contribution in [-0.4, -0.2) is 55.0 Å². The number of piperidine rings is 1. The molecule has 2 saturated heterocycles. The van der Waals surface area contributed by atoms with Crippen molar-refractivity contribution in [2.24, 2.45) is 5.92 Å². The lowest BCUT2D eigenvalue weighted by Gasteiger charge is -2.36. The van der Waals surface area contributed by atoms with Gasteiger partial charge in [-0.15, -0.1) is 5.10 Å². The summed E-state index contributed by atoms with van der Waals surface area (Å²) in [5.41, 5.74) is 4.33. The number of Topliss-reactive ketones (excluding diaryl/α,β-unsaturated/α-hetero) is 1. The standard InChI is InChI=1S/C26H28N6O/c1-31-20-8-9-21(31)12-18(11-20)13-25(33)26-22-14-19(7-10-23(22)27-29-26)24-16-32(30-28-24)15-17-5-3-2-4-6-17/h2-7,10,14,16,18,20-21H,8-9,11-13,15H2,1H3,(H,27,29). The number of fused-ring (bicyclic) bond motifs is 3. The van der Waals surface area contributed by atoms with E-state index in [1.54, 1.807) is 0 Å². The molecule has 2 atom stereocenters. The highest BCUT2D eigenvalue weighted by atomic mass is 16.1. The van der Waals surface area contributed by atoms with Crippen molar-refractivity contribution in [1.82, 2.24) is 30.1 Å². The third-order valence-electron chi connectivity index (χ3n) is 7.52. The Kier molecular flexibility index (Phi) is 5.06. The highest BCUT2D eigenvalue weighted by Gasteiger charge is 2.39. The number of nitrogens with zero attached hydrogens (tertiary/aromatic N) is 5. The van der Waals surface area contributed by atoms with Crippen LogP contribution in [0.5, 0.6) is 0 Å². The molecule has 33 heavy (non-hydrogen) atoms. The van der Waals surface area contributed by atoms with Crippen molar-refractivity contribution in [2.75, 3.05) is 7.05 Å². The number of hydrogen-bond donors (Lipinski definition) is 1. The van der Waals surface area contributed by atoms with Gasteiger partial charge in [0.15, 0.2) is 5.78 Å². The minimum Gasteiger partial charge on any atom is -0.300 e. The predicted octanol–water partition coefficient (Wildman–Crippen LogP) is 4.32. The molecule has 2 fully saturated rings. The first kappa shape index (κ1) is 20.3. The number of H-pyrrole nitrogens is 1. The van der Waals surface area contributed by atoms with Gasteiger partial charge in [-0.3, -0.25) is 9.89 Å². The Hall–Kier alpha value is -3.32. The summed E-state index contributed by atoms with van der Waals surface area (Å²) in [7, 11) is 2.24. The summed E-state index contributed by atoms with van der Waals surface area (Å²) in [5.74, 6) is 0.596. The van der Waals surface area contributed by atoms with E-state index in [9.17, 15) is 4.79 Å². The zero-order valence-corrected chi connectivity index (χ0v) is 18.8. The highest BCUT2D eigenvalue weighted by Crippen LogP contribution is 2.39. The number of aromatic nitrogens is 5. The van der Waals surface area contributed by atoms with Crippen LogP contribution in [0.2, 0.25) is 0 Å². The molecule has 0 aliphatic carbocycles. The predicted molar refractivity (Wildman–Crippen MR) is 127 cm³/mol. The molecular formula is C26H28N6O. The topological polar surface area (TPSA) is 79.7 Å². The van der Waals surface area contributed by atoms with E-state index in [4.69, 9.17) is 0 Å². The van der Waals surface area contributed by atoms with Crippen molar-refractivity contribution in [2.45, 2.75) is 50.7 Å². The maximum Gasteiger partial charge on any atom is 0.183 e. The van der Waals surface area contributed by atoms with Crippen LogP contribution in [0.25, 0.3) is 22.2 Å². The lowest BCUT2D eigenvalue weighted by atomic mass is 9.86. The molecule has 2 bridgehead atoms.